The van der Waals surface area contributed by atoms with E-state index < -0.39 is 33.0 Å². The molecular weight excluding hydrogens is 321 g/mol. The summed E-state index contributed by atoms with van der Waals surface area (Å²) < 4.78 is 42.5. The smallest absolute Gasteiger partial charge is 0.416 e. The molecule has 0 atom stereocenters. The molecule has 120 valence electrons. The zero-order valence-corrected chi connectivity index (χ0v) is 11.1. The minimum Gasteiger partial charge on any atom is -0.457 e. The van der Waals surface area contributed by atoms with Crippen molar-refractivity contribution in [1.82, 2.24) is 0 Å². The van der Waals surface area contributed by atoms with Crippen molar-refractivity contribution < 1.29 is 27.8 Å². The molecule has 0 spiro atoms. The van der Waals surface area contributed by atoms with E-state index in [1.165, 1.54) is 0 Å². The van der Waals surface area contributed by atoms with Gasteiger partial charge in [0, 0.05) is 6.07 Å². The molecule has 0 saturated carbocycles. The number of nitrogens with zero attached hydrogens (tertiary/aromatic N) is 2. The Labute approximate surface area is 126 Å². The van der Waals surface area contributed by atoms with Gasteiger partial charge >= 0.3 is 17.6 Å². The SMILES string of the molecule is O=[N+]([O-])c1ccc(Oc2ccc(C(F)(F)F)cc2)cc1[N+](=O)[O-]. The van der Waals surface area contributed by atoms with Crippen molar-refractivity contribution in [2.24, 2.45) is 0 Å². The van der Waals surface area contributed by atoms with Crippen molar-refractivity contribution in [2.45, 2.75) is 6.18 Å². The molecule has 2 aromatic rings. The molecule has 7 nitrogen and oxygen atoms in total. The molecule has 0 bridgehead atoms. The highest BCUT2D eigenvalue weighted by Gasteiger charge is 2.30. The molecule has 0 aliphatic heterocycles. The fourth-order valence-corrected chi connectivity index (χ4v) is 1.72. The fraction of sp³-hybridized carbons (Fsp3) is 0.0769. The Morgan fingerprint density at radius 3 is 1.83 bits per heavy atom. The Morgan fingerprint density at radius 1 is 0.826 bits per heavy atom. The van der Waals surface area contributed by atoms with E-state index in [4.69, 9.17) is 4.74 Å². The maximum absolute atomic E-state index is 12.4. The normalized spacial score (nSPS) is 11.1. The number of halogens is 3. The number of ether oxygens (including phenoxy) is 1. The highest BCUT2D eigenvalue weighted by atomic mass is 19.4. The van der Waals surface area contributed by atoms with Crippen LogP contribution >= 0.6 is 0 Å². The van der Waals surface area contributed by atoms with Crippen molar-refractivity contribution in [3.63, 3.8) is 0 Å². The lowest BCUT2D eigenvalue weighted by Crippen LogP contribution is -2.04. The Morgan fingerprint density at radius 2 is 1.35 bits per heavy atom. The maximum atomic E-state index is 12.4. The molecule has 0 fully saturated rings. The van der Waals surface area contributed by atoms with Crippen LogP contribution in [0.3, 0.4) is 0 Å². The quantitative estimate of drug-likeness (QED) is 0.615. The lowest BCUT2D eigenvalue weighted by Gasteiger charge is -2.09. The maximum Gasteiger partial charge on any atom is 0.416 e. The fourth-order valence-electron chi connectivity index (χ4n) is 1.72. The van der Waals surface area contributed by atoms with Crippen LogP contribution in [-0.2, 0) is 6.18 Å². The molecule has 0 N–H and O–H groups in total. The van der Waals surface area contributed by atoms with Crippen molar-refractivity contribution in [1.29, 1.82) is 0 Å². The molecular formula is C13H7F3N2O5. The first-order valence-corrected chi connectivity index (χ1v) is 5.96. The van der Waals surface area contributed by atoms with E-state index in [1.807, 2.05) is 0 Å². The van der Waals surface area contributed by atoms with Gasteiger partial charge in [-0.1, -0.05) is 0 Å². The Kier molecular flexibility index (Phi) is 4.16. The van der Waals surface area contributed by atoms with Crippen LogP contribution in [0.5, 0.6) is 11.5 Å². The molecule has 0 heterocycles. The van der Waals surface area contributed by atoms with Gasteiger partial charge in [0.2, 0.25) is 0 Å². The minimum absolute atomic E-state index is 0.00107. The molecule has 0 amide bonds. The summed E-state index contributed by atoms with van der Waals surface area (Å²) in [6, 6.07) is 6.48. The third kappa shape index (κ3) is 3.73. The van der Waals surface area contributed by atoms with Crippen molar-refractivity contribution in [2.75, 3.05) is 0 Å². The molecule has 2 aromatic carbocycles. The average molecular weight is 328 g/mol. The van der Waals surface area contributed by atoms with Gasteiger partial charge in [-0.15, -0.1) is 0 Å². The van der Waals surface area contributed by atoms with Crippen LogP contribution in [0, 0.1) is 20.2 Å². The largest absolute Gasteiger partial charge is 0.457 e. The molecule has 0 radical (unpaired) electrons. The first kappa shape index (κ1) is 16.2. The second kappa shape index (κ2) is 5.91. The summed E-state index contributed by atoms with van der Waals surface area (Å²) in [7, 11) is 0. The van der Waals surface area contributed by atoms with Crippen LogP contribution < -0.4 is 4.74 Å². The molecule has 0 aliphatic carbocycles. The van der Waals surface area contributed by atoms with Gasteiger partial charge in [0.25, 0.3) is 0 Å². The van der Waals surface area contributed by atoms with E-state index in [0.29, 0.717) is 0 Å². The summed E-state index contributed by atoms with van der Waals surface area (Å²) in [6.45, 7) is 0. The molecule has 0 aliphatic rings. The van der Waals surface area contributed by atoms with Crippen LogP contribution in [0.4, 0.5) is 24.5 Å². The van der Waals surface area contributed by atoms with Gasteiger partial charge < -0.3 is 4.74 Å². The number of hydrogen-bond donors (Lipinski definition) is 0. The molecule has 0 saturated heterocycles. The topological polar surface area (TPSA) is 95.5 Å². The first-order valence-electron chi connectivity index (χ1n) is 5.96. The van der Waals surface area contributed by atoms with E-state index >= 15 is 0 Å². The highest BCUT2D eigenvalue weighted by molar-refractivity contribution is 5.56. The Bertz CT molecular complexity index is 759. The van der Waals surface area contributed by atoms with E-state index in [-0.39, 0.29) is 11.5 Å². The third-order valence-electron chi connectivity index (χ3n) is 2.76. The first-order chi connectivity index (χ1) is 10.7. The average Bonchev–Trinajstić information content (AvgIpc) is 2.46. The van der Waals surface area contributed by atoms with Gasteiger partial charge in [0.15, 0.2) is 0 Å². The number of nitro groups is 2. The van der Waals surface area contributed by atoms with Crippen molar-refractivity contribution in [3.8, 4) is 11.5 Å². The highest BCUT2D eigenvalue weighted by Crippen LogP contribution is 2.34. The summed E-state index contributed by atoms with van der Waals surface area (Å²) >= 11 is 0. The minimum atomic E-state index is -4.50. The predicted molar refractivity (Wildman–Crippen MR) is 71.3 cm³/mol. The van der Waals surface area contributed by atoms with Crippen LogP contribution in [0.1, 0.15) is 5.56 Å². The van der Waals surface area contributed by atoms with Gasteiger partial charge in [-0.2, -0.15) is 13.2 Å². The molecule has 0 aromatic heterocycles. The lowest BCUT2D eigenvalue weighted by atomic mass is 10.2. The van der Waals surface area contributed by atoms with Gasteiger partial charge in [-0.3, -0.25) is 20.2 Å². The molecule has 2 rings (SSSR count). The Hall–Kier alpha value is -3.17. The second-order valence-corrected chi connectivity index (χ2v) is 4.29. The van der Waals surface area contributed by atoms with Crippen molar-refractivity contribution >= 4 is 11.4 Å². The van der Waals surface area contributed by atoms with Crippen molar-refractivity contribution in [3.05, 3.63) is 68.3 Å². The third-order valence-corrected chi connectivity index (χ3v) is 2.76. The van der Waals surface area contributed by atoms with E-state index in [0.717, 1.165) is 42.5 Å². The van der Waals surface area contributed by atoms with Crippen LogP contribution in [0.15, 0.2) is 42.5 Å². The molecule has 10 heteroatoms. The van der Waals surface area contributed by atoms with Gasteiger partial charge in [-0.05, 0) is 30.3 Å². The molecule has 23 heavy (non-hydrogen) atoms. The monoisotopic (exact) mass is 328 g/mol. The summed E-state index contributed by atoms with van der Waals surface area (Å²) in [5.74, 6) is -0.108. The van der Waals surface area contributed by atoms with Crippen LogP contribution in [-0.4, -0.2) is 9.85 Å². The number of nitro benzene ring substituents is 2. The summed E-state index contributed by atoms with van der Waals surface area (Å²) in [5.41, 5.74) is -2.37. The van der Waals surface area contributed by atoms with Gasteiger partial charge in [0.05, 0.1) is 21.5 Å². The molecule has 0 unspecified atom stereocenters. The van der Waals surface area contributed by atoms with E-state index in [9.17, 15) is 33.4 Å². The number of rotatable bonds is 4. The number of alkyl halides is 3. The van der Waals surface area contributed by atoms with Gasteiger partial charge in [-0.25, -0.2) is 0 Å². The standard InChI is InChI=1S/C13H7F3N2O5/c14-13(15,16)8-1-3-9(4-2-8)23-10-5-6-11(17(19)20)12(7-10)18(21)22/h1-7H. The number of benzene rings is 2. The van der Waals surface area contributed by atoms with Crippen LogP contribution in [0.25, 0.3) is 0 Å². The number of hydrogen-bond acceptors (Lipinski definition) is 5. The van der Waals surface area contributed by atoms with Crippen LogP contribution in [0.2, 0.25) is 0 Å². The zero-order valence-electron chi connectivity index (χ0n) is 11.1. The Balaban J connectivity index is 2.28. The summed E-state index contributed by atoms with van der Waals surface area (Å²) in [4.78, 5) is 19.6. The lowest BCUT2D eigenvalue weighted by molar-refractivity contribution is -0.422. The summed E-state index contributed by atoms with van der Waals surface area (Å²) in [6.07, 6.45) is -4.50. The van der Waals surface area contributed by atoms with E-state index in [2.05, 4.69) is 0 Å². The second-order valence-electron chi connectivity index (χ2n) is 4.29. The van der Waals surface area contributed by atoms with E-state index in [1.54, 1.807) is 0 Å². The summed E-state index contributed by atoms with van der Waals surface area (Å²) in [5, 5.41) is 21.5. The van der Waals surface area contributed by atoms with Gasteiger partial charge in [0.1, 0.15) is 11.5 Å². The predicted octanol–water partition coefficient (Wildman–Crippen LogP) is 4.31. The zero-order chi connectivity index (χ0) is 17.2.